The predicted octanol–water partition coefficient (Wildman–Crippen LogP) is 18.0. The molecule has 0 radical (unpaired) electrons. The number of hydrogen-bond donors (Lipinski definition) is 2. The van der Waals surface area contributed by atoms with Crippen LogP contribution in [0.5, 0.6) is 57.5 Å². The molecule has 98 heavy (non-hydrogen) atoms. The Labute approximate surface area is 571 Å². The van der Waals surface area contributed by atoms with Crippen LogP contribution in [0.15, 0.2) is 297 Å². The largest absolute Gasteiger partial charge is 0.489 e. The summed E-state index contributed by atoms with van der Waals surface area (Å²) in [6, 6.07) is 96.4. The van der Waals surface area contributed by atoms with Gasteiger partial charge in [0.05, 0.1) is 12.0 Å². The third kappa shape index (κ3) is 15.6. The number of aliphatic hydroxyl groups is 2. The fourth-order valence-corrected chi connectivity index (χ4v) is 12.4. The Hall–Kier alpha value is -11.4. The zero-order valence-electron chi connectivity index (χ0n) is 54.0. The van der Waals surface area contributed by atoms with Crippen LogP contribution in [0.2, 0.25) is 0 Å². The fourth-order valence-electron chi connectivity index (χ4n) is 12.4. The average Bonchev–Trinajstić information content (AvgIpc) is 0.724. The Morgan fingerprint density at radius 2 is 0.612 bits per heavy atom. The first-order valence-corrected chi connectivity index (χ1v) is 33.1. The molecule has 12 aromatic rings. The number of ether oxygens (including phenoxy) is 10. The number of rotatable bonds is 27. The lowest BCUT2D eigenvalue weighted by Gasteiger charge is -2.41. The molecule has 12 aromatic carbocycles. The van der Waals surface area contributed by atoms with Gasteiger partial charge in [-0.25, -0.2) is 0 Å². The van der Waals surface area contributed by atoms with Gasteiger partial charge in [-0.05, 0) is 79.9 Å². The molecular weight excluding hydrogens is 1220 g/mol. The van der Waals surface area contributed by atoms with Crippen molar-refractivity contribution in [3.05, 3.63) is 370 Å². The highest BCUT2D eigenvalue weighted by molar-refractivity contribution is 5.67. The van der Waals surface area contributed by atoms with E-state index in [1.165, 1.54) is 0 Å². The lowest BCUT2D eigenvalue weighted by molar-refractivity contribution is 0.000521. The summed E-state index contributed by atoms with van der Waals surface area (Å²) in [5.74, 6) is 3.21. The van der Waals surface area contributed by atoms with Gasteiger partial charge in [-0.2, -0.15) is 0 Å². The molecule has 0 aliphatic carbocycles. The molecule has 0 fully saturated rings. The normalized spacial score (nSPS) is 16.0. The Bertz CT molecular complexity index is 4530. The monoisotopic (exact) mass is 1300 g/mol. The highest BCUT2D eigenvalue weighted by atomic mass is 16.5. The van der Waals surface area contributed by atoms with Gasteiger partial charge in [-0.15, -0.1) is 0 Å². The van der Waals surface area contributed by atoms with Crippen molar-refractivity contribution in [1.82, 2.24) is 0 Å². The van der Waals surface area contributed by atoms with Crippen LogP contribution in [0.1, 0.15) is 90.5 Å². The van der Waals surface area contributed by atoms with Gasteiger partial charge in [-0.1, -0.05) is 255 Å². The van der Waals surface area contributed by atoms with Crippen molar-refractivity contribution in [2.45, 2.75) is 89.6 Å². The van der Waals surface area contributed by atoms with E-state index in [0.717, 1.165) is 44.5 Å². The molecule has 0 bridgehead atoms. The van der Waals surface area contributed by atoms with Crippen LogP contribution >= 0.6 is 0 Å². The molecule has 0 amide bonds. The van der Waals surface area contributed by atoms with E-state index >= 15 is 0 Å². The van der Waals surface area contributed by atoms with Gasteiger partial charge in [0.15, 0.2) is 29.1 Å². The average molecular weight is 1300 g/mol. The van der Waals surface area contributed by atoms with Gasteiger partial charge in [0.25, 0.3) is 0 Å². The molecule has 2 aliphatic rings. The van der Waals surface area contributed by atoms with E-state index in [2.05, 4.69) is 0 Å². The molecular formula is C86H74O12. The lowest BCUT2D eigenvalue weighted by atomic mass is 9.77. The van der Waals surface area contributed by atoms with Gasteiger partial charge in [0, 0.05) is 41.3 Å². The second-order valence-electron chi connectivity index (χ2n) is 24.4. The maximum atomic E-state index is 14.1. The van der Waals surface area contributed by atoms with E-state index in [9.17, 15) is 10.2 Å². The van der Waals surface area contributed by atoms with Gasteiger partial charge >= 0.3 is 0 Å². The minimum absolute atomic E-state index is 0.0638. The standard InChI is InChI=1S/C86H74O12/c87-71-49-70-74(92-54-62-31-15-4-16-32-62)50-78(96-58-66-39-23-8-24-40-66)81(86(70)98-84(71)67-41-43-72(90-52-60-27-11-2-12-28-60)75(45-67)93-55-63-33-17-5-18-34-63)82-80-77(95-57-65-37-21-7-22-38-65)47-69(89-51-59-25-9-1-10-26-59)48-79(80)97-85(83(82)88)68-42-44-73(91-53-61-29-13-3-14-30-61)76(46-68)94-56-64-35-19-6-20-36-64/h1-48,50,71,82-85,87-88H,49,51-58H2/t71-,82+,83+,84+,85+/m0/s1. The summed E-state index contributed by atoms with van der Waals surface area (Å²) in [6.07, 6.45) is -4.62. The number of fused-ring (bicyclic) bond motifs is 2. The third-order valence-electron chi connectivity index (χ3n) is 17.5. The topological polar surface area (TPSA) is 133 Å². The summed E-state index contributed by atoms with van der Waals surface area (Å²) in [7, 11) is 0. The number of benzene rings is 12. The molecule has 0 saturated heterocycles. The van der Waals surface area contributed by atoms with Crippen LogP contribution in [0.25, 0.3) is 0 Å². The Balaban J connectivity index is 0.954. The SMILES string of the molecule is O[C@@H]1[C@@H](c2c(OCc3ccccc3)cc(OCc3ccccc3)c3c2O[C@H](c2ccc(OCc4ccccc4)c(OCc4ccccc4)c2)[C@@H](O)C3)c2c(OCc3ccccc3)cc(OCc3ccccc3)cc2O[C@@H]1c1ccc(OCc2ccccc2)c(OCc2ccccc2)c1. The highest BCUT2D eigenvalue weighted by Gasteiger charge is 2.47. The molecule has 14 rings (SSSR count). The number of hydrogen-bond acceptors (Lipinski definition) is 12. The molecule has 0 spiro atoms. The van der Waals surface area contributed by atoms with E-state index in [0.29, 0.717) is 91.9 Å². The predicted molar refractivity (Wildman–Crippen MR) is 376 cm³/mol. The molecule has 2 aliphatic heterocycles. The smallest absolute Gasteiger partial charge is 0.162 e. The van der Waals surface area contributed by atoms with Crippen LogP contribution in [0.4, 0.5) is 0 Å². The molecule has 0 aromatic heterocycles. The highest BCUT2D eigenvalue weighted by Crippen LogP contribution is 2.58. The first kappa shape index (κ1) is 63.9. The van der Waals surface area contributed by atoms with Crippen molar-refractivity contribution >= 4 is 0 Å². The van der Waals surface area contributed by atoms with Crippen LogP contribution in [0.3, 0.4) is 0 Å². The van der Waals surface area contributed by atoms with Crippen molar-refractivity contribution in [3.63, 3.8) is 0 Å². The lowest BCUT2D eigenvalue weighted by Crippen LogP contribution is -2.37. The number of aliphatic hydroxyl groups excluding tert-OH is 2. The second kappa shape index (κ2) is 31.0. The summed E-state index contributed by atoms with van der Waals surface area (Å²) in [5.41, 5.74) is 10.3. The minimum atomic E-state index is -1.43. The molecule has 2 heterocycles. The van der Waals surface area contributed by atoms with Crippen LogP contribution in [-0.2, 0) is 59.3 Å². The zero-order valence-corrected chi connectivity index (χ0v) is 54.0. The van der Waals surface area contributed by atoms with E-state index in [1.54, 1.807) is 0 Å². The maximum absolute atomic E-state index is 14.1. The van der Waals surface area contributed by atoms with Gasteiger partial charge in [0.2, 0.25) is 0 Å². The van der Waals surface area contributed by atoms with Crippen molar-refractivity contribution in [1.29, 1.82) is 0 Å². The molecule has 12 heteroatoms. The Kier molecular flexibility index (Phi) is 20.2. The van der Waals surface area contributed by atoms with Crippen LogP contribution < -0.4 is 47.4 Å². The van der Waals surface area contributed by atoms with E-state index < -0.39 is 30.3 Å². The molecule has 0 saturated carbocycles. The van der Waals surface area contributed by atoms with Crippen LogP contribution in [-0.4, -0.2) is 22.4 Å². The first-order chi connectivity index (χ1) is 48.4. The molecule has 490 valence electrons. The van der Waals surface area contributed by atoms with Crippen molar-refractivity contribution < 1.29 is 57.6 Å². The summed E-state index contributed by atoms with van der Waals surface area (Å²) in [5, 5.41) is 27.0. The zero-order chi connectivity index (χ0) is 66.2. The van der Waals surface area contributed by atoms with Gasteiger partial charge in [-0.3, -0.25) is 0 Å². The maximum Gasteiger partial charge on any atom is 0.162 e. The summed E-state index contributed by atoms with van der Waals surface area (Å²) in [4.78, 5) is 0. The van der Waals surface area contributed by atoms with Gasteiger partial charge in [0.1, 0.15) is 99.6 Å². The first-order valence-electron chi connectivity index (χ1n) is 33.1. The van der Waals surface area contributed by atoms with E-state index in [4.69, 9.17) is 47.4 Å². The summed E-state index contributed by atoms with van der Waals surface area (Å²) >= 11 is 0. The Morgan fingerprint density at radius 1 is 0.286 bits per heavy atom. The van der Waals surface area contributed by atoms with Gasteiger partial charge < -0.3 is 57.6 Å². The summed E-state index contributed by atoms with van der Waals surface area (Å²) < 4.78 is 69.4. The van der Waals surface area contributed by atoms with E-state index in [-0.39, 0.29) is 52.7 Å². The van der Waals surface area contributed by atoms with Crippen molar-refractivity contribution in [2.75, 3.05) is 0 Å². The summed E-state index contributed by atoms with van der Waals surface area (Å²) in [6.45, 7) is 1.75. The molecule has 0 unspecified atom stereocenters. The minimum Gasteiger partial charge on any atom is -0.489 e. The molecule has 5 atom stereocenters. The van der Waals surface area contributed by atoms with Crippen LogP contribution in [0, 0.1) is 0 Å². The van der Waals surface area contributed by atoms with Crippen molar-refractivity contribution in [2.24, 2.45) is 0 Å². The molecule has 12 nitrogen and oxygen atoms in total. The quantitative estimate of drug-likeness (QED) is 0.0508. The fraction of sp³-hybridized carbons (Fsp3) is 0.163. The molecule has 2 N–H and O–H groups in total. The van der Waals surface area contributed by atoms with Crippen molar-refractivity contribution in [3.8, 4) is 57.5 Å². The third-order valence-corrected chi connectivity index (χ3v) is 17.5. The van der Waals surface area contributed by atoms with E-state index in [1.807, 2.05) is 297 Å². The second-order valence-corrected chi connectivity index (χ2v) is 24.4. The Morgan fingerprint density at radius 3 is 1.00 bits per heavy atom.